The third-order valence-corrected chi connectivity index (χ3v) is 3.10. The second kappa shape index (κ2) is 6.81. The number of rotatable bonds is 7. The number of ether oxygens (including phenoxy) is 1. The van der Waals surface area contributed by atoms with Crippen LogP contribution in [0.2, 0.25) is 0 Å². The highest BCUT2D eigenvalue weighted by molar-refractivity contribution is 5.84. The minimum Gasteiger partial charge on any atom is -0.494 e. The van der Waals surface area contributed by atoms with Crippen LogP contribution in [0, 0.1) is 11.3 Å². The van der Waals surface area contributed by atoms with Crippen LogP contribution in [-0.2, 0) is 6.42 Å². The standard InChI is InChI=1S/C15H19N3O/c16-7-2-1-3-9-19-13-4-5-15-14(10-13)12(6-8-17)11-18-15/h4-5,10-11,18H,1-3,6,8-9,17H2. The lowest BCUT2D eigenvalue weighted by molar-refractivity contribution is 0.308. The van der Waals surface area contributed by atoms with Crippen molar-refractivity contribution in [1.82, 2.24) is 4.98 Å². The molecule has 0 aliphatic carbocycles. The maximum atomic E-state index is 8.45. The van der Waals surface area contributed by atoms with Crippen LogP contribution in [0.15, 0.2) is 24.4 Å². The van der Waals surface area contributed by atoms with Crippen LogP contribution in [0.25, 0.3) is 10.9 Å². The maximum absolute atomic E-state index is 8.45. The van der Waals surface area contributed by atoms with E-state index in [9.17, 15) is 0 Å². The predicted molar refractivity (Wildman–Crippen MR) is 76.0 cm³/mol. The van der Waals surface area contributed by atoms with Gasteiger partial charge in [0, 0.05) is 23.5 Å². The van der Waals surface area contributed by atoms with Gasteiger partial charge in [-0.1, -0.05) is 0 Å². The largest absolute Gasteiger partial charge is 0.494 e. The zero-order valence-electron chi connectivity index (χ0n) is 11.0. The van der Waals surface area contributed by atoms with E-state index in [1.807, 2.05) is 18.3 Å². The molecule has 0 aliphatic heterocycles. The first kappa shape index (κ1) is 13.4. The molecule has 2 rings (SSSR count). The van der Waals surface area contributed by atoms with E-state index in [0.29, 0.717) is 19.6 Å². The molecule has 0 bridgehead atoms. The summed E-state index contributed by atoms with van der Waals surface area (Å²) in [5, 5.41) is 9.63. The van der Waals surface area contributed by atoms with E-state index in [0.717, 1.165) is 30.5 Å². The van der Waals surface area contributed by atoms with E-state index in [-0.39, 0.29) is 0 Å². The molecule has 0 amide bonds. The Bertz CT molecular complexity index is 568. The first-order valence-corrected chi connectivity index (χ1v) is 6.65. The molecule has 1 aromatic carbocycles. The Morgan fingerprint density at radius 1 is 1.32 bits per heavy atom. The number of fused-ring (bicyclic) bond motifs is 1. The molecule has 0 saturated heterocycles. The van der Waals surface area contributed by atoms with Crippen molar-refractivity contribution in [3.8, 4) is 11.8 Å². The minimum absolute atomic E-state index is 0.598. The molecule has 3 N–H and O–H groups in total. The number of unbranched alkanes of at least 4 members (excludes halogenated alkanes) is 2. The quantitative estimate of drug-likeness (QED) is 0.749. The van der Waals surface area contributed by atoms with E-state index in [1.54, 1.807) is 0 Å². The number of aromatic nitrogens is 1. The van der Waals surface area contributed by atoms with Gasteiger partial charge in [0.15, 0.2) is 0 Å². The SMILES string of the molecule is N#CCCCCOc1ccc2[nH]cc(CCN)c2c1. The number of nitrogens with one attached hydrogen (secondary N) is 1. The second-order valence-electron chi connectivity index (χ2n) is 4.52. The van der Waals surface area contributed by atoms with Gasteiger partial charge in [0.05, 0.1) is 12.7 Å². The molecule has 0 saturated carbocycles. The molecule has 0 aliphatic rings. The van der Waals surface area contributed by atoms with E-state index in [2.05, 4.69) is 17.1 Å². The smallest absolute Gasteiger partial charge is 0.120 e. The molecule has 1 heterocycles. The van der Waals surface area contributed by atoms with Gasteiger partial charge in [0.1, 0.15) is 5.75 Å². The molecule has 0 spiro atoms. The number of hydrogen-bond donors (Lipinski definition) is 2. The van der Waals surface area contributed by atoms with Crippen LogP contribution < -0.4 is 10.5 Å². The van der Waals surface area contributed by atoms with Gasteiger partial charge in [-0.3, -0.25) is 0 Å². The molecule has 4 heteroatoms. The van der Waals surface area contributed by atoms with E-state index < -0.39 is 0 Å². The number of hydrogen-bond acceptors (Lipinski definition) is 3. The lowest BCUT2D eigenvalue weighted by Crippen LogP contribution is -2.02. The molecule has 2 aromatic rings. The molecule has 1 aromatic heterocycles. The molecule has 0 atom stereocenters. The van der Waals surface area contributed by atoms with E-state index >= 15 is 0 Å². The summed E-state index contributed by atoms with van der Waals surface area (Å²) in [6.07, 6.45) is 5.27. The first-order valence-electron chi connectivity index (χ1n) is 6.65. The van der Waals surface area contributed by atoms with Gasteiger partial charge < -0.3 is 15.5 Å². The summed E-state index contributed by atoms with van der Waals surface area (Å²) >= 11 is 0. The topological polar surface area (TPSA) is 74.8 Å². The molecule has 100 valence electrons. The van der Waals surface area contributed by atoms with Crippen molar-refractivity contribution in [2.75, 3.05) is 13.2 Å². The van der Waals surface area contributed by atoms with Gasteiger partial charge in [-0.2, -0.15) is 5.26 Å². The van der Waals surface area contributed by atoms with Crippen molar-refractivity contribution in [2.45, 2.75) is 25.7 Å². The van der Waals surface area contributed by atoms with Crippen LogP contribution in [-0.4, -0.2) is 18.1 Å². The van der Waals surface area contributed by atoms with Crippen LogP contribution in [0.3, 0.4) is 0 Å². The third kappa shape index (κ3) is 3.49. The highest BCUT2D eigenvalue weighted by atomic mass is 16.5. The summed E-state index contributed by atoms with van der Waals surface area (Å²) in [7, 11) is 0. The normalized spacial score (nSPS) is 10.5. The Kier molecular flexibility index (Phi) is 4.82. The Morgan fingerprint density at radius 3 is 3.00 bits per heavy atom. The predicted octanol–water partition coefficient (Wildman–Crippen LogP) is 2.74. The summed E-state index contributed by atoms with van der Waals surface area (Å²) in [6, 6.07) is 8.19. The number of nitrogens with zero attached hydrogens (tertiary/aromatic N) is 1. The van der Waals surface area contributed by atoms with Gasteiger partial charge in [0.2, 0.25) is 0 Å². The van der Waals surface area contributed by atoms with Crippen LogP contribution in [0.5, 0.6) is 5.75 Å². The summed E-state index contributed by atoms with van der Waals surface area (Å²) in [4.78, 5) is 3.24. The molecule has 4 nitrogen and oxygen atoms in total. The highest BCUT2D eigenvalue weighted by Gasteiger charge is 2.04. The second-order valence-corrected chi connectivity index (χ2v) is 4.52. The van der Waals surface area contributed by atoms with Crippen molar-refractivity contribution in [3.63, 3.8) is 0 Å². The number of nitrogens with two attached hydrogens (primary N) is 1. The average molecular weight is 257 g/mol. The molecule has 19 heavy (non-hydrogen) atoms. The fourth-order valence-electron chi connectivity index (χ4n) is 2.11. The van der Waals surface area contributed by atoms with Crippen LogP contribution in [0.4, 0.5) is 0 Å². The van der Waals surface area contributed by atoms with Crippen molar-refractivity contribution in [2.24, 2.45) is 5.73 Å². The summed E-state index contributed by atoms with van der Waals surface area (Å²) in [5.74, 6) is 0.877. The minimum atomic E-state index is 0.598. The van der Waals surface area contributed by atoms with Crippen LogP contribution >= 0.6 is 0 Å². The monoisotopic (exact) mass is 257 g/mol. The fraction of sp³-hybridized carbons (Fsp3) is 0.400. The molecular formula is C15H19N3O. The maximum Gasteiger partial charge on any atom is 0.120 e. The van der Waals surface area contributed by atoms with Gasteiger partial charge in [-0.25, -0.2) is 0 Å². The van der Waals surface area contributed by atoms with Crippen molar-refractivity contribution in [3.05, 3.63) is 30.0 Å². The number of nitriles is 1. The Hall–Kier alpha value is -1.99. The van der Waals surface area contributed by atoms with Gasteiger partial charge in [0.25, 0.3) is 0 Å². The number of benzene rings is 1. The van der Waals surface area contributed by atoms with E-state index in [4.69, 9.17) is 15.7 Å². The zero-order chi connectivity index (χ0) is 13.5. The first-order chi connectivity index (χ1) is 9.35. The number of H-pyrrole nitrogens is 1. The van der Waals surface area contributed by atoms with Crippen LogP contribution in [0.1, 0.15) is 24.8 Å². The summed E-state index contributed by atoms with van der Waals surface area (Å²) in [6.45, 7) is 1.30. The van der Waals surface area contributed by atoms with Crippen molar-refractivity contribution in [1.29, 1.82) is 5.26 Å². The van der Waals surface area contributed by atoms with Crippen molar-refractivity contribution >= 4 is 10.9 Å². The zero-order valence-corrected chi connectivity index (χ0v) is 11.0. The lowest BCUT2D eigenvalue weighted by Gasteiger charge is -2.06. The lowest BCUT2D eigenvalue weighted by atomic mass is 10.1. The van der Waals surface area contributed by atoms with Gasteiger partial charge in [-0.05, 0) is 49.6 Å². The van der Waals surface area contributed by atoms with Gasteiger partial charge in [-0.15, -0.1) is 0 Å². The molecule has 0 unspecified atom stereocenters. The van der Waals surface area contributed by atoms with Crippen molar-refractivity contribution < 1.29 is 4.74 Å². The fourth-order valence-corrected chi connectivity index (χ4v) is 2.11. The number of aromatic amines is 1. The Morgan fingerprint density at radius 2 is 2.21 bits per heavy atom. The van der Waals surface area contributed by atoms with Gasteiger partial charge >= 0.3 is 0 Å². The Labute approximate surface area is 113 Å². The molecular weight excluding hydrogens is 238 g/mol. The average Bonchev–Trinajstić information content (AvgIpc) is 2.82. The molecule has 0 radical (unpaired) electrons. The molecule has 0 fully saturated rings. The summed E-state index contributed by atoms with van der Waals surface area (Å²) < 4.78 is 5.71. The summed E-state index contributed by atoms with van der Waals surface area (Å²) in [5.41, 5.74) is 7.94. The van der Waals surface area contributed by atoms with E-state index in [1.165, 1.54) is 10.9 Å². The third-order valence-electron chi connectivity index (χ3n) is 3.10. The highest BCUT2D eigenvalue weighted by Crippen LogP contribution is 2.24. The Balaban J connectivity index is 1.99.